The van der Waals surface area contributed by atoms with E-state index in [1.165, 1.54) is 35.7 Å². The number of methoxy groups -OCH3 is 1. The zero-order chi connectivity index (χ0) is 31.2. The van der Waals surface area contributed by atoms with Crippen LogP contribution in [0.1, 0.15) is 31.9 Å². The molecule has 12 heteroatoms. The van der Waals surface area contributed by atoms with Crippen LogP contribution in [0.25, 0.3) is 0 Å². The number of nitrogens with zero attached hydrogens (tertiary/aromatic N) is 4. The van der Waals surface area contributed by atoms with Crippen molar-refractivity contribution in [2.45, 2.75) is 44.2 Å². The fraction of sp³-hybridized carbons (Fsp3) is 0.387. The Hall–Kier alpha value is -4.16. The van der Waals surface area contributed by atoms with Crippen molar-refractivity contribution in [3.05, 3.63) is 94.0 Å². The average molecular weight is 611 g/mol. The lowest BCUT2D eigenvalue weighted by Crippen LogP contribution is -2.49. The first kappa shape index (κ1) is 31.8. The maximum Gasteiger partial charge on any atom is 0.410 e. The highest BCUT2D eigenvalue weighted by atomic mass is 32.2. The summed E-state index contributed by atoms with van der Waals surface area (Å²) in [6.07, 6.45) is 0.102. The van der Waals surface area contributed by atoms with Gasteiger partial charge in [0.05, 0.1) is 17.7 Å². The molecule has 0 aromatic heterocycles. The highest BCUT2D eigenvalue weighted by molar-refractivity contribution is 7.93. The number of rotatable bonds is 10. The second kappa shape index (κ2) is 13.4. The van der Waals surface area contributed by atoms with Crippen LogP contribution >= 0.6 is 0 Å². The lowest BCUT2D eigenvalue weighted by Gasteiger charge is -2.35. The lowest BCUT2D eigenvalue weighted by molar-refractivity contribution is -0.387. The van der Waals surface area contributed by atoms with Crippen LogP contribution in [-0.2, 0) is 27.7 Å². The highest BCUT2D eigenvalue weighted by Crippen LogP contribution is 2.31. The molecular formula is C31H38N4O7S. The van der Waals surface area contributed by atoms with Gasteiger partial charge in [-0.25, -0.2) is 13.2 Å². The van der Waals surface area contributed by atoms with Gasteiger partial charge >= 0.3 is 6.09 Å². The van der Waals surface area contributed by atoms with Crippen LogP contribution in [0.2, 0.25) is 0 Å². The molecule has 0 spiro atoms. The molecule has 4 rings (SSSR count). The van der Waals surface area contributed by atoms with Crippen molar-refractivity contribution in [1.29, 1.82) is 0 Å². The summed E-state index contributed by atoms with van der Waals surface area (Å²) in [5, 5.41) is 11.6. The minimum absolute atomic E-state index is 0.0761. The molecule has 43 heavy (non-hydrogen) atoms. The Kier molecular flexibility index (Phi) is 9.92. The van der Waals surface area contributed by atoms with Gasteiger partial charge in [-0.05, 0) is 68.7 Å². The van der Waals surface area contributed by atoms with Crippen molar-refractivity contribution in [3.8, 4) is 5.75 Å². The fourth-order valence-electron chi connectivity index (χ4n) is 4.80. The molecule has 0 aliphatic carbocycles. The standard InChI is InChI=1S/C31H38N4O7S/c1-31(2,3)42-30(36)33-21-19-32(20-22-33)23-25-11-9-24(10-12-25)17-18-34(26-13-15-27(41-4)16-14-26)43(39,40)29-8-6-5-7-28(29)35(37)38/h5-16H,17-23H2,1-4H3. The number of amides is 1. The molecule has 0 N–H and O–H groups in total. The molecule has 3 aromatic rings. The third-order valence-electron chi connectivity index (χ3n) is 7.05. The second-order valence-electron chi connectivity index (χ2n) is 11.3. The molecule has 230 valence electrons. The maximum atomic E-state index is 13.8. The number of piperazine rings is 1. The Balaban J connectivity index is 1.44. The molecule has 1 aliphatic rings. The molecule has 1 aliphatic heterocycles. The summed E-state index contributed by atoms with van der Waals surface area (Å²) in [7, 11) is -2.74. The molecule has 0 atom stereocenters. The summed E-state index contributed by atoms with van der Waals surface area (Å²) >= 11 is 0. The monoisotopic (exact) mass is 610 g/mol. The average Bonchev–Trinajstić information content (AvgIpc) is 2.98. The number of nitro groups is 1. The lowest BCUT2D eigenvalue weighted by atomic mass is 10.1. The van der Waals surface area contributed by atoms with E-state index in [0.717, 1.165) is 30.8 Å². The van der Waals surface area contributed by atoms with Crippen molar-refractivity contribution in [2.24, 2.45) is 0 Å². The van der Waals surface area contributed by atoms with Gasteiger partial charge in [0, 0.05) is 45.3 Å². The quantitative estimate of drug-likeness (QED) is 0.230. The number of carbonyl (C=O) groups is 1. The zero-order valence-electron chi connectivity index (χ0n) is 24.9. The molecule has 1 saturated heterocycles. The van der Waals surface area contributed by atoms with E-state index in [9.17, 15) is 23.3 Å². The molecule has 1 heterocycles. The van der Waals surface area contributed by atoms with Crippen molar-refractivity contribution in [3.63, 3.8) is 0 Å². The number of anilines is 1. The van der Waals surface area contributed by atoms with Crippen molar-refractivity contribution >= 4 is 27.5 Å². The molecule has 0 radical (unpaired) electrons. The van der Waals surface area contributed by atoms with Crippen LogP contribution in [0.15, 0.2) is 77.7 Å². The van der Waals surface area contributed by atoms with Gasteiger partial charge in [-0.3, -0.25) is 19.3 Å². The molecule has 3 aromatic carbocycles. The van der Waals surface area contributed by atoms with Crippen molar-refractivity contribution in [2.75, 3.05) is 44.1 Å². The first-order valence-electron chi connectivity index (χ1n) is 14.1. The highest BCUT2D eigenvalue weighted by Gasteiger charge is 2.32. The van der Waals surface area contributed by atoms with E-state index in [2.05, 4.69) is 4.90 Å². The Morgan fingerprint density at radius 1 is 0.930 bits per heavy atom. The van der Waals surface area contributed by atoms with Gasteiger partial charge in [0.25, 0.3) is 15.7 Å². The van der Waals surface area contributed by atoms with Crippen LogP contribution in [0.3, 0.4) is 0 Å². The van der Waals surface area contributed by atoms with Gasteiger partial charge in [-0.15, -0.1) is 0 Å². The predicted molar refractivity (Wildman–Crippen MR) is 164 cm³/mol. The van der Waals surface area contributed by atoms with Gasteiger partial charge < -0.3 is 14.4 Å². The van der Waals surface area contributed by atoms with E-state index in [0.29, 0.717) is 30.9 Å². The molecule has 0 saturated carbocycles. The summed E-state index contributed by atoms with van der Waals surface area (Å²) in [6, 6.07) is 19.9. The van der Waals surface area contributed by atoms with Gasteiger partial charge in [0.2, 0.25) is 0 Å². The van der Waals surface area contributed by atoms with Crippen LogP contribution < -0.4 is 9.04 Å². The van der Waals surface area contributed by atoms with Gasteiger partial charge in [0.1, 0.15) is 11.4 Å². The largest absolute Gasteiger partial charge is 0.497 e. The molecule has 0 bridgehead atoms. The third-order valence-corrected chi connectivity index (χ3v) is 8.92. The van der Waals surface area contributed by atoms with Gasteiger partial charge in [-0.2, -0.15) is 0 Å². The van der Waals surface area contributed by atoms with E-state index in [-0.39, 0.29) is 17.5 Å². The van der Waals surface area contributed by atoms with E-state index in [1.54, 1.807) is 29.2 Å². The summed E-state index contributed by atoms with van der Waals surface area (Å²) in [5.41, 5.74) is 1.41. The van der Waals surface area contributed by atoms with Gasteiger partial charge in [0.15, 0.2) is 4.90 Å². The number of nitro benzene ring substituents is 1. The number of benzene rings is 3. The third kappa shape index (κ3) is 8.23. The van der Waals surface area contributed by atoms with Crippen LogP contribution in [0, 0.1) is 10.1 Å². The summed E-state index contributed by atoms with van der Waals surface area (Å²) < 4.78 is 39.5. The minimum Gasteiger partial charge on any atom is -0.497 e. The Labute approximate surface area is 252 Å². The molecular weight excluding hydrogens is 572 g/mol. The van der Waals surface area contributed by atoms with Crippen LogP contribution in [-0.4, -0.2) is 74.7 Å². The smallest absolute Gasteiger partial charge is 0.410 e. The second-order valence-corrected chi connectivity index (χ2v) is 13.1. The van der Waals surface area contributed by atoms with Crippen LogP contribution in [0.4, 0.5) is 16.2 Å². The Morgan fingerprint density at radius 2 is 1.53 bits per heavy atom. The molecule has 0 unspecified atom stereocenters. The van der Waals surface area contributed by atoms with Crippen LogP contribution in [0.5, 0.6) is 5.75 Å². The van der Waals surface area contributed by atoms with E-state index in [4.69, 9.17) is 9.47 Å². The number of hydrogen-bond acceptors (Lipinski definition) is 8. The minimum atomic E-state index is -4.26. The molecule has 1 fully saturated rings. The zero-order valence-corrected chi connectivity index (χ0v) is 25.7. The number of para-hydroxylation sites is 1. The van der Waals surface area contributed by atoms with E-state index < -0.39 is 26.2 Å². The summed E-state index contributed by atoms with van der Waals surface area (Å²) in [6.45, 7) is 9.05. The topological polar surface area (TPSA) is 123 Å². The normalized spacial score (nSPS) is 14.3. The van der Waals surface area contributed by atoms with E-state index in [1.807, 2.05) is 45.0 Å². The maximum absolute atomic E-state index is 13.8. The summed E-state index contributed by atoms with van der Waals surface area (Å²) in [5.74, 6) is 0.564. The fourth-order valence-corrected chi connectivity index (χ4v) is 6.42. The summed E-state index contributed by atoms with van der Waals surface area (Å²) in [4.78, 5) is 26.9. The number of sulfonamides is 1. The molecule has 11 nitrogen and oxygen atoms in total. The number of carbonyl (C=O) groups excluding carboxylic acids is 1. The van der Waals surface area contributed by atoms with Gasteiger partial charge in [-0.1, -0.05) is 36.4 Å². The number of ether oxygens (including phenoxy) is 2. The van der Waals surface area contributed by atoms with Crippen molar-refractivity contribution < 1.29 is 27.6 Å². The first-order valence-corrected chi connectivity index (χ1v) is 15.5. The predicted octanol–water partition coefficient (Wildman–Crippen LogP) is 5.09. The first-order chi connectivity index (χ1) is 20.4. The SMILES string of the molecule is COc1ccc(N(CCc2ccc(CN3CCN(C(=O)OC(C)(C)C)CC3)cc2)S(=O)(=O)c2ccccc2[N+](=O)[O-])cc1. The van der Waals surface area contributed by atoms with Crippen molar-refractivity contribution in [1.82, 2.24) is 9.80 Å². The molecule has 1 amide bonds. The Bertz CT molecular complexity index is 1510. The Morgan fingerprint density at radius 3 is 2.12 bits per heavy atom. The van der Waals surface area contributed by atoms with E-state index >= 15 is 0 Å². The number of hydrogen-bond donors (Lipinski definition) is 0.